The first kappa shape index (κ1) is 15.8. The molecule has 0 fully saturated rings. The van der Waals surface area contributed by atoms with Gasteiger partial charge in [-0.3, -0.25) is 9.59 Å². The molecule has 0 atom stereocenters. The quantitative estimate of drug-likeness (QED) is 0.745. The number of fused-ring (bicyclic) bond motifs is 1. The van der Waals surface area contributed by atoms with Crippen LogP contribution < -0.4 is 5.43 Å². The van der Waals surface area contributed by atoms with Gasteiger partial charge < -0.3 is 9.52 Å². The van der Waals surface area contributed by atoms with Crippen LogP contribution in [0.15, 0.2) is 45.6 Å². The van der Waals surface area contributed by atoms with E-state index in [4.69, 9.17) is 9.52 Å². The zero-order valence-electron chi connectivity index (χ0n) is 12.0. The van der Waals surface area contributed by atoms with Crippen molar-refractivity contribution in [3.05, 3.63) is 69.6 Å². The number of halogens is 3. The second kappa shape index (κ2) is 5.84. The zero-order valence-corrected chi connectivity index (χ0v) is 12.0. The summed E-state index contributed by atoms with van der Waals surface area (Å²) in [4.78, 5) is 23.1. The lowest BCUT2D eigenvalue weighted by molar-refractivity contribution is -0.136. The van der Waals surface area contributed by atoms with Crippen LogP contribution >= 0.6 is 0 Å². The number of hydrogen-bond donors (Lipinski definition) is 1. The molecule has 0 aliphatic heterocycles. The third kappa shape index (κ3) is 2.64. The van der Waals surface area contributed by atoms with Crippen LogP contribution in [0.25, 0.3) is 22.3 Å². The summed E-state index contributed by atoms with van der Waals surface area (Å²) in [5.74, 6) is -6.01. The monoisotopic (exact) mass is 334 g/mol. The number of para-hydroxylation sites is 1. The van der Waals surface area contributed by atoms with E-state index in [0.717, 1.165) is 12.1 Å². The molecule has 3 rings (SSSR count). The van der Waals surface area contributed by atoms with E-state index in [9.17, 15) is 22.8 Å². The van der Waals surface area contributed by atoms with Crippen LogP contribution in [-0.2, 0) is 11.2 Å². The number of carboxylic acid groups (broad SMARTS) is 1. The van der Waals surface area contributed by atoms with Crippen molar-refractivity contribution in [1.82, 2.24) is 0 Å². The zero-order chi connectivity index (χ0) is 17.4. The third-order valence-electron chi connectivity index (χ3n) is 3.48. The van der Waals surface area contributed by atoms with E-state index in [1.807, 2.05) is 0 Å². The predicted octanol–water partition coefficient (Wildman–Crippen LogP) is 3.50. The maximum Gasteiger partial charge on any atom is 0.307 e. The Labute approximate surface area is 132 Å². The standard InChI is InChI=1S/C17H9F3O4/c18-11-5-4-10(15(19)16(11)20)13-7-12(21)9-3-1-2-8(6-14(22)23)17(9)24-13/h1-5,7H,6H2,(H,22,23). The number of carboxylic acids is 1. The van der Waals surface area contributed by atoms with Crippen molar-refractivity contribution in [3.63, 3.8) is 0 Å². The van der Waals surface area contributed by atoms with E-state index in [0.29, 0.717) is 6.07 Å². The lowest BCUT2D eigenvalue weighted by Gasteiger charge is -2.08. The molecule has 7 heteroatoms. The fourth-order valence-electron chi connectivity index (χ4n) is 2.39. The normalized spacial score (nSPS) is 11.0. The summed E-state index contributed by atoms with van der Waals surface area (Å²) >= 11 is 0. The minimum absolute atomic E-state index is 0.0356. The molecular formula is C17H9F3O4. The largest absolute Gasteiger partial charge is 0.481 e. The van der Waals surface area contributed by atoms with E-state index in [2.05, 4.69) is 0 Å². The number of aliphatic carboxylic acids is 1. The smallest absolute Gasteiger partial charge is 0.307 e. The van der Waals surface area contributed by atoms with Gasteiger partial charge in [-0.1, -0.05) is 12.1 Å². The average molecular weight is 334 g/mol. The van der Waals surface area contributed by atoms with Crippen molar-refractivity contribution in [3.8, 4) is 11.3 Å². The molecule has 0 aliphatic carbocycles. The van der Waals surface area contributed by atoms with Crippen molar-refractivity contribution in [1.29, 1.82) is 0 Å². The molecule has 0 unspecified atom stereocenters. The van der Waals surface area contributed by atoms with Crippen molar-refractivity contribution in [2.24, 2.45) is 0 Å². The Morgan fingerprint density at radius 3 is 2.54 bits per heavy atom. The maximum atomic E-state index is 13.9. The summed E-state index contributed by atoms with van der Waals surface area (Å²) < 4.78 is 45.8. The molecule has 1 N–H and O–H groups in total. The summed E-state index contributed by atoms with van der Waals surface area (Å²) in [5, 5.41) is 9.03. The highest BCUT2D eigenvalue weighted by Gasteiger charge is 2.18. The Hall–Kier alpha value is -3.09. The van der Waals surface area contributed by atoms with Gasteiger partial charge in [-0.15, -0.1) is 0 Å². The van der Waals surface area contributed by atoms with Gasteiger partial charge in [0.1, 0.15) is 11.3 Å². The molecule has 0 spiro atoms. The van der Waals surface area contributed by atoms with Gasteiger partial charge in [0, 0.05) is 11.6 Å². The summed E-state index contributed by atoms with van der Waals surface area (Å²) in [6.45, 7) is 0. The van der Waals surface area contributed by atoms with Crippen LogP contribution in [0.3, 0.4) is 0 Å². The summed E-state index contributed by atoms with van der Waals surface area (Å²) in [7, 11) is 0. The molecule has 122 valence electrons. The molecule has 2 aromatic carbocycles. The van der Waals surface area contributed by atoms with E-state index in [-0.39, 0.29) is 22.3 Å². The average Bonchev–Trinajstić information content (AvgIpc) is 2.53. The SMILES string of the molecule is O=C(O)Cc1cccc2c(=O)cc(-c3ccc(F)c(F)c3F)oc12. The van der Waals surface area contributed by atoms with Gasteiger partial charge in [0.2, 0.25) is 0 Å². The molecule has 1 aromatic heterocycles. The highest BCUT2D eigenvalue weighted by atomic mass is 19.2. The van der Waals surface area contributed by atoms with E-state index < -0.39 is 40.8 Å². The minimum Gasteiger partial charge on any atom is -0.481 e. The second-order valence-corrected chi connectivity index (χ2v) is 5.06. The topological polar surface area (TPSA) is 67.5 Å². The van der Waals surface area contributed by atoms with Gasteiger partial charge in [-0.2, -0.15) is 0 Å². The molecule has 24 heavy (non-hydrogen) atoms. The molecular weight excluding hydrogens is 325 g/mol. The maximum absolute atomic E-state index is 13.9. The molecule has 4 nitrogen and oxygen atoms in total. The summed E-state index contributed by atoms with van der Waals surface area (Å²) in [6, 6.07) is 6.97. The van der Waals surface area contributed by atoms with Gasteiger partial charge in [-0.05, 0) is 18.2 Å². The van der Waals surface area contributed by atoms with Gasteiger partial charge in [-0.25, -0.2) is 13.2 Å². The van der Waals surface area contributed by atoms with Gasteiger partial charge in [0.05, 0.1) is 17.4 Å². The second-order valence-electron chi connectivity index (χ2n) is 5.06. The fourth-order valence-corrected chi connectivity index (χ4v) is 2.39. The lowest BCUT2D eigenvalue weighted by Crippen LogP contribution is -2.06. The lowest BCUT2D eigenvalue weighted by atomic mass is 10.1. The van der Waals surface area contributed by atoms with Crippen LogP contribution in [0, 0.1) is 17.5 Å². The van der Waals surface area contributed by atoms with Crippen molar-refractivity contribution in [2.45, 2.75) is 6.42 Å². The molecule has 0 amide bonds. The highest BCUT2D eigenvalue weighted by Crippen LogP contribution is 2.28. The van der Waals surface area contributed by atoms with Crippen LogP contribution in [0.5, 0.6) is 0 Å². The van der Waals surface area contributed by atoms with E-state index >= 15 is 0 Å². The molecule has 0 saturated heterocycles. The Morgan fingerprint density at radius 1 is 1.08 bits per heavy atom. The molecule has 0 aliphatic rings. The van der Waals surface area contributed by atoms with Crippen LogP contribution in [0.2, 0.25) is 0 Å². The first-order valence-electron chi connectivity index (χ1n) is 6.80. The van der Waals surface area contributed by atoms with Crippen LogP contribution in [0.4, 0.5) is 13.2 Å². The van der Waals surface area contributed by atoms with E-state index in [1.165, 1.54) is 18.2 Å². The number of carbonyl (C=O) groups is 1. The first-order chi connectivity index (χ1) is 11.4. The first-order valence-corrected chi connectivity index (χ1v) is 6.80. The summed E-state index contributed by atoms with van der Waals surface area (Å²) in [5.41, 5.74) is -0.811. The Bertz CT molecular complexity index is 1020. The van der Waals surface area contributed by atoms with Gasteiger partial charge >= 0.3 is 5.97 Å². The van der Waals surface area contributed by atoms with Crippen LogP contribution in [0.1, 0.15) is 5.56 Å². The predicted molar refractivity (Wildman–Crippen MR) is 79.1 cm³/mol. The van der Waals surface area contributed by atoms with Crippen LogP contribution in [-0.4, -0.2) is 11.1 Å². The van der Waals surface area contributed by atoms with Crippen molar-refractivity contribution < 1.29 is 27.5 Å². The molecule has 0 saturated carbocycles. The molecule has 1 heterocycles. The highest BCUT2D eigenvalue weighted by molar-refractivity contribution is 5.85. The van der Waals surface area contributed by atoms with Gasteiger partial charge in [0.25, 0.3) is 0 Å². The van der Waals surface area contributed by atoms with Crippen molar-refractivity contribution in [2.75, 3.05) is 0 Å². The Kier molecular flexibility index (Phi) is 3.84. The summed E-state index contributed by atoms with van der Waals surface area (Å²) in [6.07, 6.45) is -0.413. The Balaban J connectivity index is 2.30. The molecule has 0 radical (unpaired) electrons. The fraction of sp³-hybridized carbons (Fsp3) is 0.0588. The third-order valence-corrected chi connectivity index (χ3v) is 3.48. The number of hydrogen-bond acceptors (Lipinski definition) is 3. The number of rotatable bonds is 3. The van der Waals surface area contributed by atoms with Gasteiger partial charge in [0.15, 0.2) is 22.9 Å². The number of benzene rings is 2. The van der Waals surface area contributed by atoms with E-state index in [1.54, 1.807) is 0 Å². The van der Waals surface area contributed by atoms with Crippen molar-refractivity contribution >= 4 is 16.9 Å². The molecule has 0 bridgehead atoms. The Morgan fingerprint density at radius 2 is 1.83 bits per heavy atom. The minimum atomic E-state index is -1.69. The molecule has 3 aromatic rings.